The number of hydrogen-bond donors (Lipinski definition) is 0. The average molecular weight is 373 g/mol. The van der Waals surface area contributed by atoms with E-state index in [2.05, 4.69) is 0 Å². The third kappa shape index (κ3) is 5.04. The molecule has 0 atom stereocenters. The molecule has 0 aliphatic heterocycles. The Morgan fingerprint density at radius 1 is 0.846 bits per heavy atom. The molecule has 0 saturated heterocycles. The summed E-state index contributed by atoms with van der Waals surface area (Å²) in [6, 6.07) is 13.2. The second kappa shape index (κ2) is 9.13. The van der Waals surface area contributed by atoms with Gasteiger partial charge in [0.05, 0.1) is 0 Å². The van der Waals surface area contributed by atoms with Crippen molar-refractivity contribution in [2.75, 3.05) is 6.26 Å². The number of halogens is 1. The Morgan fingerprint density at radius 3 is 1.65 bits per heavy atom. The zero-order chi connectivity index (χ0) is 19.2. The van der Waals surface area contributed by atoms with Crippen molar-refractivity contribution < 1.29 is 14.0 Å². The lowest BCUT2D eigenvalue weighted by Gasteiger charge is -2.30. The molecule has 2 rings (SSSR count). The maximum atomic E-state index is 13.1. The Balaban J connectivity index is 2.15. The monoisotopic (exact) mass is 372 g/mol. The van der Waals surface area contributed by atoms with Gasteiger partial charge in [-0.25, -0.2) is 4.39 Å². The third-order valence-corrected chi connectivity index (χ3v) is 5.89. The van der Waals surface area contributed by atoms with Crippen LogP contribution in [0.4, 0.5) is 4.39 Å². The molecule has 0 bridgehead atoms. The number of hydrogen-bond acceptors (Lipinski definition) is 3. The standard InChI is InChI=1S/C22H25FO2S/c1-4-22(5-2,14-20(24)16-6-10-18(23)11-7-16)15-21(25)17-8-12-19(26-3)13-9-17/h6-13H,4-5,14-15H2,1-3H3. The van der Waals surface area contributed by atoms with Gasteiger partial charge in [-0.1, -0.05) is 26.0 Å². The lowest BCUT2D eigenvalue weighted by Crippen LogP contribution is -2.27. The molecule has 0 heterocycles. The molecule has 0 N–H and O–H groups in total. The van der Waals surface area contributed by atoms with Crippen LogP contribution < -0.4 is 0 Å². The molecule has 0 aliphatic carbocycles. The first-order chi connectivity index (χ1) is 12.4. The van der Waals surface area contributed by atoms with Gasteiger partial charge in [-0.15, -0.1) is 11.8 Å². The van der Waals surface area contributed by atoms with Crippen LogP contribution in [0.2, 0.25) is 0 Å². The van der Waals surface area contributed by atoms with Gasteiger partial charge >= 0.3 is 0 Å². The summed E-state index contributed by atoms with van der Waals surface area (Å²) in [5, 5.41) is 0. The summed E-state index contributed by atoms with van der Waals surface area (Å²) in [6.45, 7) is 4.04. The number of rotatable bonds is 9. The number of carbonyl (C=O) groups is 2. The fourth-order valence-corrected chi connectivity index (χ4v) is 3.52. The molecule has 2 aromatic rings. The molecule has 0 radical (unpaired) electrons. The summed E-state index contributed by atoms with van der Waals surface area (Å²) in [6.07, 6.45) is 4.11. The molecular formula is C22H25FO2S. The summed E-state index contributed by atoms with van der Waals surface area (Å²) in [4.78, 5) is 26.5. The van der Waals surface area contributed by atoms with Gasteiger partial charge in [0.15, 0.2) is 11.6 Å². The van der Waals surface area contributed by atoms with Gasteiger partial charge in [0.25, 0.3) is 0 Å². The van der Waals surface area contributed by atoms with Crippen LogP contribution in [-0.4, -0.2) is 17.8 Å². The quantitative estimate of drug-likeness (QED) is 0.388. The van der Waals surface area contributed by atoms with E-state index in [-0.39, 0.29) is 22.8 Å². The minimum absolute atomic E-state index is 0.0424. The molecule has 0 saturated carbocycles. The predicted octanol–water partition coefficient (Wildman–Crippen LogP) is 6.20. The first-order valence-electron chi connectivity index (χ1n) is 8.89. The van der Waals surface area contributed by atoms with Crippen LogP contribution in [0, 0.1) is 11.2 Å². The molecule has 4 heteroatoms. The van der Waals surface area contributed by atoms with Crippen LogP contribution in [0.15, 0.2) is 53.4 Å². The third-order valence-electron chi connectivity index (χ3n) is 5.15. The summed E-state index contributed by atoms with van der Waals surface area (Å²) in [5.74, 6) is -0.338. The van der Waals surface area contributed by atoms with Crippen molar-refractivity contribution in [2.24, 2.45) is 5.41 Å². The lowest BCUT2D eigenvalue weighted by molar-refractivity contribution is 0.0815. The molecule has 0 unspecified atom stereocenters. The van der Waals surface area contributed by atoms with E-state index in [0.717, 1.165) is 17.7 Å². The van der Waals surface area contributed by atoms with Crippen molar-refractivity contribution >= 4 is 23.3 Å². The first kappa shape index (κ1) is 20.4. The molecule has 26 heavy (non-hydrogen) atoms. The highest BCUT2D eigenvalue weighted by atomic mass is 32.2. The zero-order valence-corrected chi connectivity index (χ0v) is 16.4. The van der Waals surface area contributed by atoms with E-state index in [1.54, 1.807) is 11.8 Å². The highest BCUT2D eigenvalue weighted by Crippen LogP contribution is 2.37. The van der Waals surface area contributed by atoms with E-state index < -0.39 is 0 Å². The molecule has 138 valence electrons. The van der Waals surface area contributed by atoms with Gasteiger partial charge in [-0.05, 0) is 60.9 Å². The van der Waals surface area contributed by atoms with Gasteiger partial charge < -0.3 is 0 Å². The molecular weight excluding hydrogens is 347 g/mol. The van der Waals surface area contributed by atoms with Crippen molar-refractivity contribution in [3.63, 3.8) is 0 Å². The number of Topliss-reactive ketones (excluding diaryl/α,β-unsaturated/α-hetero) is 2. The first-order valence-corrected chi connectivity index (χ1v) is 10.1. The fourth-order valence-electron chi connectivity index (χ4n) is 3.11. The largest absolute Gasteiger partial charge is 0.294 e. The Labute approximate surface area is 159 Å². The summed E-state index contributed by atoms with van der Waals surface area (Å²) >= 11 is 1.64. The normalized spacial score (nSPS) is 11.4. The van der Waals surface area contributed by atoms with E-state index in [0.29, 0.717) is 24.0 Å². The number of benzene rings is 2. The van der Waals surface area contributed by atoms with Crippen LogP contribution in [0.25, 0.3) is 0 Å². The van der Waals surface area contributed by atoms with E-state index in [1.165, 1.54) is 24.3 Å². The maximum absolute atomic E-state index is 13.1. The van der Waals surface area contributed by atoms with Gasteiger partial charge in [-0.3, -0.25) is 9.59 Å². The van der Waals surface area contributed by atoms with Crippen molar-refractivity contribution in [3.8, 4) is 0 Å². The lowest BCUT2D eigenvalue weighted by atomic mass is 9.72. The Hall–Kier alpha value is -1.94. The van der Waals surface area contributed by atoms with Crippen LogP contribution in [0.5, 0.6) is 0 Å². The van der Waals surface area contributed by atoms with E-state index >= 15 is 0 Å². The summed E-state index contributed by atoms with van der Waals surface area (Å²) in [5.41, 5.74) is 0.804. The SMILES string of the molecule is CCC(CC)(CC(=O)c1ccc(F)cc1)CC(=O)c1ccc(SC)cc1. The van der Waals surface area contributed by atoms with Gasteiger partial charge in [0.2, 0.25) is 0 Å². The minimum Gasteiger partial charge on any atom is -0.294 e. The molecule has 0 amide bonds. The van der Waals surface area contributed by atoms with Gasteiger partial charge in [0, 0.05) is 28.9 Å². The summed E-state index contributed by atoms with van der Waals surface area (Å²) in [7, 11) is 0. The van der Waals surface area contributed by atoms with Crippen molar-refractivity contribution in [1.29, 1.82) is 0 Å². The molecule has 2 aromatic carbocycles. The molecule has 0 fully saturated rings. The van der Waals surface area contributed by atoms with Gasteiger partial charge in [0.1, 0.15) is 5.82 Å². The molecule has 0 spiro atoms. The highest BCUT2D eigenvalue weighted by Gasteiger charge is 2.32. The smallest absolute Gasteiger partial charge is 0.163 e. The maximum Gasteiger partial charge on any atom is 0.163 e. The molecule has 2 nitrogen and oxygen atoms in total. The van der Waals surface area contributed by atoms with Crippen molar-refractivity contribution in [2.45, 2.75) is 44.4 Å². The van der Waals surface area contributed by atoms with E-state index in [9.17, 15) is 14.0 Å². The number of ketones is 2. The van der Waals surface area contributed by atoms with E-state index in [4.69, 9.17) is 0 Å². The van der Waals surface area contributed by atoms with Crippen LogP contribution >= 0.6 is 11.8 Å². The highest BCUT2D eigenvalue weighted by molar-refractivity contribution is 7.98. The Bertz CT molecular complexity index is 747. The Morgan fingerprint density at radius 2 is 1.27 bits per heavy atom. The number of thioether (sulfide) groups is 1. The fraction of sp³-hybridized carbons (Fsp3) is 0.364. The average Bonchev–Trinajstić information content (AvgIpc) is 2.67. The van der Waals surface area contributed by atoms with Crippen LogP contribution in [0.1, 0.15) is 60.2 Å². The van der Waals surface area contributed by atoms with Crippen LogP contribution in [0.3, 0.4) is 0 Å². The predicted molar refractivity (Wildman–Crippen MR) is 106 cm³/mol. The molecule has 0 aromatic heterocycles. The number of carbonyl (C=O) groups excluding carboxylic acids is 2. The van der Waals surface area contributed by atoms with Gasteiger partial charge in [-0.2, -0.15) is 0 Å². The second-order valence-corrected chi connectivity index (χ2v) is 7.52. The Kier molecular flexibility index (Phi) is 7.15. The van der Waals surface area contributed by atoms with Crippen molar-refractivity contribution in [1.82, 2.24) is 0 Å². The van der Waals surface area contributed by atoms with Crippen LogP contribution in [-0.2, 0) is 0 Å². The van der Waals surface area contributed by atoms with Crippen molar-refractivity contribution in [3.05, 3.63) is 65.5 Å². The summed E-state index contributed by atoms with van der Waals surface area (Å²) < 4.78 is 13.1. The van der Waals surface area contributed by atoms with E-state index in [1.807, 2.05) is 44.4 Å². The zero-order valence-electron chi connectivity index (χ0n) is 15.5. The minimum atomic E-state index is -0.374. The second-order valence-electron chi connectivity index (χ2n) is 6.64. The topological polar surface area (TPSA) is 34.1 Å². The molecule has 0 aliphatic rings.